The largest absolute Gasteiger partial charge is 0.382 e. The minimum atomic E-state index is -0.103. The zero-order valence-electron chi connectivity index (χ0n) is 14.4. The molecule has 130 valence electrons. The van der Waals surface area contributed by atoms with Gasteiger partial charge in [-0.15, -0.1) is 5.10 Å². The van der Waals surface area contributed by atoms with Crippen LogP contribution in [-0.4, -0.2) is 45.6 Å². The number of carbonyl (C=O) groups excluding carboxylic acids is 1. The third-order valence-corrected chi connectivity index (χ3v) is 3.94. The zero-order chi connectivity index (χ0) is 17.6. The second-order valence-corrected chi connectivity index (χ2v) is 5.60. The van der Waals surface area contributed by atoms with Gasteiger partial charge in [0.15, 0.2) is 5.65 Å². The molecule has 25 heavy (non-hydrogen) atoms. The molecule has 7 heteroatoms. The van der Waals surface area contributed by atoms with E-state index in [1.54, 1.807) is 10.9 Å². The number of nitrogens with one attached hydrogen (secondary N) is 1. The quantitative estimate of drug-likeness (QED) is 0.668. The first-order valence-electron chi connectivity index (χ1n) is 8.34. The van der Waals surface area contributed by atoms with E-state index in [1.807, 2.05) is 44.2 Å². The molecule has 2 heterocycles. The van der Waals surface area contributed by atoms with E-state index in [2.05, 4.69) is 20.6 Å². The highest BCUT2D eigenvalue weighted by Gasteiger charge is 2.15. The van der Waals surface area contributed by atoms with Crippen molar-refractivity contribution in [1.29, 1.82) is 0 Å². The lowest BCUT2D eigenvalue weighted by molar-refractivity contribution is 0.0943. The van der Waals surface area contributed by atoms with Gasteiger partial charge in [0.2, 0.25) is 0 Å². The van der Waals surface area contributed by atoms with Crippen molar-refractivity contribution in [1.82, 2.24) is 25.3 Å². The fraction of sp³-hybridized carbons (Fsp3) is 0.333. The summed E-state index contributed by atoms with van der Waals surface area (Å²) in [6, 6.07) is 9.23. The summed E-state index contributed by atoms with van der Waals surface area (Å²) in [6.45, 7) is 5.77. The Morgan fingerprint density at radius 3 is 3.00 bits per heavy atom. The smallest absolute Gasteiger partial charge is 0.251 e. The van der Waals surface area contributed by atoms with Crippen molar-refractivity contribution in [3.8, 4) is 5.69 Å². The second-order valence-electron chi connectivity index (χ2n) is 5.60. The Morgan fingerprint density at radius 2 is 2.16 bits per heavy atom. The number of hydrogen-bond acceptors (Lipinski definition) is 5. The Hall–Kier alpha value is -2.80. The number of rotatable bonds is 7. The van der Waals surface area contributed by atoms with Crippen molar-refractivity contribution in [2.24, 2.45) is 0 Å². The number of ether oxygens (including phenoxy) is 1. The van der Waals surface area contributed by atoms with E-state index < -0.39 is 0 Å². The summed E-state index contributed by atoms with van der Waals surface area (Å²) in [5.74, 6) is -0.103. The highest BCUT2D eigenvalue weighted by molar-refractivity contribution is 5.96. The van der Waals surface area contributed by atoms with Gasteiger partial charge in [0.1, 0.15) is 5.52 Å². The van der Waals surface area contributed by atoms with Crippen LogP contribution in [0.25, 0.3) is 16.9 Å². The number of nitrogens with zero attached hydrogens (tertiary/aromatic N) is 4. The molecule has 0 unspecified atom stereocenters. The molecular formula is C18H21N5O2. The van der Waals surface area contributed by atoms with Crippen LogP contribution in [0.2, 0.25) is 0 Å². The van der Waals surface area contributed by atoms with Crippen molar-refractivity contribution < 1.29 is 9.53 Å². The molecule has 0 aliphatic heterocycles. The van der Waals surface area contributed by atoms with E-state index in [4.69, 9.17) is 4.74 Å². The molecule has 3 rings (SSSR count). The van der Waals surface area contributed by atoms with E-state index in [0.717, 1.165) is 17.7 Å². The van der Waals surface area contributed by atoms with Crippen LogP contribution in [0.15, 0.2) is 36.5 Å². The number of carbonyl (C=O) groups is 1. The van der Waals surface area contributed by atoms with Crippen LogP contribution >= 0.6 is 0 Å². The number of pyridine rings is 1. The van der Waals surface area contributed by atoms with Gasteiger partial charge in [-0.3, -0.25) is 4.79 Å². The summed E-state index contributed by atoms with van der Waals surface area (Å²) in [5, 5.41) is 11.2. The third-order valence-electron chi connectivity index (χ3n) is 3.94. The molecule has 0 fully saturated rings. The molecule has 2 aromatic heterocycles. The van der Waals surface area contributed by atoms with Crippen molar-refractivity contribution in [2.45, 2.75) is 20.3 Å². The Kier molecular flexibility index (Phi) is 5.35. The van der Waals surface area contributed by atoms with Crippen LogP contribution in [0.4, 0.5) is 0 Å². The van der Waals surface area contributed by atoms with Gasteiger partial charge >= 0.3 is 0 Å². The Labute approximate surface area is 146 Å². The summed E-state index contributed by atoms with van der Waals surface area (Å²) in [7, 11) is 0. The van der Waals surface area contributed by atoms with E-state index in [1.165, 1.54) is 0 Å². The SMILES string of the molecule is CCOCCCNC(=O)c1cccc(-n2nnc3cccnc32)c1C. The normalized spacial score (nSPS) is 11.0. The molecule has 0 atom stereocenters. The van der Waals surface area contributed by atoms with Crippen molar-refractivity contribution >= 4 is 17.1 Å². The van der Waals surface area contributed by atoms with Gasteiger partial charge in [0.05, 0.1) is 5.69 Å². The Bertz CT molecular complexity index is 875. The molecule has 0 aliphatic carbocycles. The van der Waals surface area contributed by atoms with Gasteiger partial charge in [0, 0.05) is 31.5 Å². The average molecular weight is 339 g/mol. The van der Waals surface area contributed by atoms with E-state index in [-0.39, 0.29) is 5.91 Å². The monoisotopic (exact) mass is 339 g/mol. The first kappa shape index (κ1) is 17.0. The number of hydrogen-bond donors (Lipinski definition) is 1. The first-order valence-corrected chi connectivity index (χ1v) is 8.34. The maximum absolute atomic E-state index is 12.5. The molecule has 1 amide bonds. The van der Waals surface area contributed by atoms with Gasteiger partial charge in [-0.25, -0.2) is 4.98 Å². The molecule has 0 bridgehead atoms. The molecule has 1 N–H and O–H groups in total. The van der Waals surface area contributed by atoms with Crippen LogP contribution in [0.3, 0.4) is 0 Å². The van der Waals surface area contributed by atoms with Gasteiger partial charge in [-0.2, -0.15) is 4.68 Å². The van der Waals surface area contributed by atoms with Crippen LogP contribution in [0.1, 0.15) is 29.3 Å². The Balaban J connectivity index is 1.82. The topological polar surface area (TPSA) is 81.9 Å². The molecule has 0 saturated carbocycles. The Morgan fingerprint density at radius 1 is 1.28 bits per heavy atom. The van der Waals surface area contributed by atoms with Crippen molar-refractivity contribution in [3.63, 3.8) is 0 Å². The molecule has 3 aromatic rings. The highest BCUT2D eigenvalue weighted by Crippen LogP contribution is 2.20. The summed E-state index contributed by atoms with van der Waals surface area (Å²) in [6.07, 6.45) is 2.49. The van der Waals surface area contributed by atoms with Crippen molar-refractivity contribution in [2.75, 3.05) is 19.8 Å². The van der Waals surface area contributed by atoms with E-state index >= 15 is 0 Å². The minimum absolute atomic E-state index is 0.103. The number of aromatic nitrogens is 4. The van der Waals surface area contributed by atoms with E-state index in [0.29, 0.717) is 36.5 Å². The minimum Gasteiger partial charge on any atom is -0.382 e. The third kappa shape index (κ3) is 3.66. The summed E-state index contributed by atoms with van der Waals surface area (Å²) in [4.78, 5) is 16.8. The number of fused-ring (bicyclic) bond motifs is 1. The molecule has 0 spiro atoms. The maximum Gasteiger partial charge on any atom is 0.251 e. The molecule has 0 radical (unpaired) electrons. The number of amides is 1. The predicted octanol–water partition coefficient (Wildman–Crippen LogP) is 2.28. The zero-order valence-corrected chi connectivity index (χ0v) is 14.4. The van der Waals surface area contributed by atoms with Gasteiger partial charge in [-0.05, 0) is 50.1 Å². The lowest BCUT2D eigenvalue weighted by atomic mass is 10.1. The van der Waals surface area contributed by atoms with Gasteiger partial charge in [-0.1, -0.05) is 11.3 Å². The fourth-order valence-corrected chi connectivity index (χ4v) is 2.64. The summed E-state index contributed by atoms with van der Waals surface area (Å²) < 4.78 is 6.94. The van der Waals surface area contributed by atoms with Crippen molar-refractivity contribution in [3.05, 3.63) is 47.7 Å². The summed E-state index contributed by atoms with van der Waals surface area (Å²) in [5.41, 5.74) is 3.63. The van der Waals surface area contributed by atoms with Crippen LogP contribution in [0.5, 0.6) is 0 Å². The lowest BCUT2D eigenvalue weighted by Crippen LogP contribution is -2.26. The lowest BCUT2D eigenvalue weighted by Gasteiger charge is -2.11. The summed E-state index contributed by atoms with van der Waals surface area (Å²) >= 11 is 0. The number of benzene rings is 1. The average Bonchev–Trinajstić information content (AvgIpc) is 3.05. The standard InChI is InChI=1S/C18H21N5O2/c1-3-25-12-6-11-20-18(24)14-7-4-9-16(13(14)2)23-17-15(21-22-23)8-5-10-19-17/h4-5,7-10H,3,6,11-12H2,1-2H3,(H,20,24). The van der Waals surface area contributed by atoms with Gasteiger partial charge < -0.3 is 10.1 Å². The van der Waals surface area contributed by atoms with Crippen LogP contribution in [-0.2, 0) is 4.74 Å². The second kappa shape index (κ2) is 7.85. The van der Waals surface area contributed by atoms with Crippen LogP contribution < -0.4 is 5.32 Å². The van der Waals surface area contributed by atoms with Gasteiger partial charge in [0.25, 0.3) is 5.91 Å². The van der Waals surface area contributed by atoms with E-state index in [9.17, 15) is 4.79 Å². The maximum atomic E-state index is 12.5. The first-order chi connectivity index (χ1) is 12.2. The fourth-order valence-electron chi connectivity index (χ4n) is 2.64. The molecule has 0 aliphatic rings. The van der Waals surface area contributed by atoms with Crippen LogP contribution in [0, 0.1) is 6.92 Å². The molecule has 1 aromatic carbocycles. The molecule has 7 nitrogen and oxygen atoms in total. The molecular weight excluding hydrogens is 318 g/mol. The highest BCUT2D eigenvalue weighted by atomic mass is 16.5. The molecule has 0 saturated heterocycles. The predicted molar refractivity (Wildman–Crippen MR) is 94.8 cm³/mol.